The van der Waals surface area contributed by atoms with Gasteiger partial charge in [-0.15, -0.1) is 11.3 Å². The minimum absolute atomic E-state index is 0.106. The van der Waals surface area contributed by atoms with Gasteiger partial charge in [-0.05, 0) is 25.1 Å². The first kappa shape index (κ1) is 17.8. The molecule has 2 aromatic rings. The van der Waals surface area contributed by atoms with Crippen LogP contribution in [0, 0.1) is 6.92 Å². The van der Waals surface area contributed by atoms with Gasteiger partial charge in [0, 0.05) is 23.7 Å². The first-order valence-corrected chi connectivity index (χ1v) is 7.85. The second kappa shape index (κ2) is 8.29. The maximum absolute atomic E-state index is 12.2. The molecule has 0 radical (unpaired) electrons. The molecular weight excluding hydrogens is 300 g/mol. The maximum Gasteiger partial charge on any atom is 0.335 e. The number of carbonyl (C=O) groups is 2. The van der Waals surface area contributed by atoms with Crippen LogP contribution < -0.4 is 0 Å². The van der Waals surface area contributed by atoms with Crippen LogP contribution in [-0.4, -0.2) is 33.9 Å². The number of benzene rings is 1. The number of aromatic carboxylic acids is 1. The molecule has 0 bridgehead atoms. The molecule has 0 atom stereocenters. The third-order valence-electron chi connectivity index (χ3n) is 2.74. The minimum Gasteiger partial charge on any atom is -0.478 e. The highest BCUT2D eigenvalue weighted by Gasteiger charge is 2.15. The number of carbonyl (C=O) groups excluding carboxylic acids is 1. The monoisotopic (exact) mass is 320 g/mol. The SMILES string of the molecule is CC.Cc1csc(CN(C)C(=O)c2cccc(C(=O)O)c2)n1. The number of nitrogens with zero attached hydrogens (tertiary/aromatic N) is 2. The van der Waals surface area contributed by atoms with Gasteiger partial charge < -0.3 is 10.0 Å². The summed E-state index contributed by atoms with van der Waals surface area (Å²) in [5.74, 6) is -1.26. The van der Waals surface area contributed by atoms with E-state index in [-0.39, 0.29) is 11.5 Å². The standard InChI is InChI=1S/C14H14N2O3S.C2H6/c1-9-8-20-12(15-9)7-16(2)13(17)10-4-3-5-11(6-10)14(18)19;1-2/h3-6,8H,7H2,1-2H3,(H,18,19);1-2H3. The fraction of sp³-hybridized carbons (Fsp3) is 0.312. The van der Waals surface area contributed by atoms with Crippen LogP contribution in [0.4, 0.5) is 0 Å². The Labute approximate surface area is 134 Å². The number of carboxylic acid groups (broad SMARTS) is 1. The van der Waals surface area contributed by atoms with E-state index in [0.717, 1.165) is 10.7 Å². The molecule has 1 aromatic carbocycles. The Kier molecular flexibility index (Phi) is 6.72. The second-order valence-corrected chi connectivity index (χ2v) is 5.37. The van der Waals surface area contributed by atoms with E-state index in [9.17, 15) is 9.59 Å². The van der Waals surface area contributed by atoms with Crippen molar-refractivity contribution in [2.24, 2.45) is 0 Å². The van der Waals surface area contributed by atoms with Gasteiger partial charge in [0.15, 0.2) is 0 Å². The Morgan fingerprint density at radius 3 is 2.45 bits per heavy atom. The first-order valence-electron chi connectivity index (χ1n) is 6.97. The average Bonchev–Trinajstić information content (AvgIpc) is 2.93. The molecule has 1 amide bonds. The number of carboxylic acids is 1. The number of rotatable bonds is 4. The van der Waals surface area contributed by atoms with E-state index in [2.05, 4.69) is 4.98 Å². The summed E-state index contributed by atoms with van der Waals surface area (Å²) >= 11 is 1.50. The van der Waals surface area contributed by atoms with Gasteiger partial charge in [0.25, 0.3) is 5.91 Å². The van der Waals surface area contributed by atoms with E-state index in [0.29, 0.717) is 12.1 Å². The fourth-order valence-electron chi connectivity index (χ4n) is 1.76. The number of thiazole rings is 1. The Hall–Kier alpha value is -2.21. The largest absolute Gasteiger partial charge is 0.478 e. The maximum atomic E-state index is 12.2. The topological polar surface area (TPSA) is 70.5 Å². The molecule has 0 aliphatic carbocycles. The average molecular weight is 320 g/mol. The third-order valence-corrected chi connectivity index (χ3v) is 3.69. The number of amides is 1. The molecule has 0 fully saturated rings. The van der Waals surface area contributed by atoms with Crippen molar-refractivity contribution in [3.8, 4) is 0 Å². The lowest BCUT2D eigenvalue weighted by Crippen LogP contribution is -2.26. The quantitative estimate of drug-likeness (QED) is 0.936. The summed E-state index contributed by atoms with van der Waals surface area (Å²) in [6, 6.07) is 6.02. The molecule has 0 unspecified atom stereocenters. The van der Waals surface area contributed by atoms with Crippen molar-refractivity contribution in [3.05, 3.63) is 51.5 Å². The van der Waals surface area contributed by atoms with Crippen molar-refractivity contribution in [2.45, 2.75) is 27.3 Å². The molecule has 0 saturated heterocycles. The number of hydrogen-bond donors (Lipinski definition) is 1. The van der Waals surface area contributed by atoms with Crippen molar-refractivity contribution in [3.63, 3.8) is 0 Å². The van der Waals surface area contributed by atoms with E-state index in [4.69, 9.17) is 5.11 Å². The number of hydrogen-bond acceptors (Lipinski definition) is 4. The highest BCUT2D eigenvalue weighted by atomic mass is 32.1. The van der Waals surface area contributed by atoms with Gasteiger partial charge in [-0.2, -0.15) is 0 Å². The van der Waals surface area contributed by atoms with Crippen molar-refractivity contribution in [1.29, 1.82) is 0 Å². The normalized spacial score (nSPS) is 9.64. The van der Waals surface area contributed by atoms with Gasteiger partial charge in [0.05, 0.1) is 12.1 Å². The van der Waals surface area contributed by atoms with Crippen LogP contribution in [0.25, 0.3) is 0 Å². The molecule has 22 heavy (non-hydrogen) atoms. The molecule has 0 aliphatic heterocycles. The molecule has 1 aromatic heterocycles. The van der Waals surface area contributed by atoms with Gasteiger partial charge in [0.1, 0.15) is 5.01 Å². The molecule has 2 rings (SSSR count). The van der Waals surface area contributed by atoms with E-state index >= 15 is 0 Å². The summed E-state index contributed by atoms with van der Waals surface area (Å²) in [6.07, 6.45) is 0. The Balaban J connectivity index is 0.00000116. The molecule has 1 heterocycles. The van der Waals surface area contributed by atoms with Gasteiger partial charge in [-0.1, -0.05) is 19.9 Å². The van der Waals surface area contributed by atoms with Crippen LogP contribution in [0.3, 0.4) is 0 Å². The fourth-order valence-corrected chi connectivity index (χ4v) is 2.58. The van der Waals surface area contributed by atoms with Crippen molar-refractivity contribution in [1.82, 2.24) is 9.88 Å². The smallest absolute Gasteiger partial charge is 0.335 e. The Morgan fingerprint density at radius 1 is 1.27 bits per heavy atom. The van der Waals surface area contributed by atoms with E-state index in [1.165, 1.54) is 28.4 Å². The predicted molar refractivity (Wildman–Crippen MR) is 87.4 cm³/mol. The van der Waals surface area contributed by atoms with Gasteiger partial charge in [-0.25, -0.2) is 9.78 Å². The van der Waals surface area contributed by atoms with Crippen LogP contribution in [-0.2, 0) is 6.54 Å². The molecule has 0 saturated carbocycles. The van der Waals surface area contributed by atoms with E-state index < -0.39 is 5.97 Å². The zero-order valence-electron chi connectivity index (χ0n) is 13.2. The summed E-state index contributed by atoms with van der Waals surface area (Å²) in [5.41, 5.74) is 1.40. The summed E-state index contributed by atoms with van der Waals surface area (Å²) in [4.78, 5) is 29.0. The molecule has 0 spiro atoms. The summed E-state index contributed by atoms with van der Waals surface area (Å²) in [7, 11) is 1.67. The van der Waals surface area contributed by atoms with E-state index in [1.54, 1.807) is 19.2 Å². The third kappa shape index (κ3) is 4.66. The highest BCUT2D eigenvalue weighted by molar-refractivity contribution is 7.09. The summed E-state index contributed by atoms with van der Waals surface area (Å²) in [5, 5.41) is 11.7. The van der Waals surface area contributed by atoms with Crippen LogP contribution in [0.2, 0.25) is 0 Å². The molecule has 6 heteroatoms. The van der Waals surface area contributed by atoms with Crippen molar-refractivity contribution < 1.29 is 14.7 Å². The lowest BCUT2D eigenvalue weighted by atomic mass is 10.1. The first-order chi connectivity index (χ1) is 10.5. The zero-order valence-corrected chi connectivity index (χ0v) is 14.0. The molecule has 5 nitrogen and oxygen atoms in total. The van der Waals surface area contributed by atoms with Crippen molar-refractivity contribution in [2.75, 3.05) is 7.05 Å². The lowest BCUT2D eigenvalue weighted by molar-refractivity contribution is 0.0697. The van der Waals surface area contributed by atoms with Crippen LogP contribution in [0.5, 0.6) is 0 Å². The van der Waals surface area contributed by atoms with Gasteiger partial charge >= 0.3 is 5.97 Å². The Morgan fingerprint density at radius 2 is 1.91 bits per heavy atom. The number of aromatic nitrogens is 1. The minimum atomic E-state index is -1.04. The molecular formula is C16H20N2O3S. The second-order valence-electron chi connectivity index (χ2n) is 4.43. The number of aryl methyl sites for hydroxylation is 1. The summed E-state index contributed by atoms with van der Waals surface area (Å²) < 4.78 is 0. The van der Waals surface area contributed by atoms with Gasteiger partial charge in [-0.3, -0.25) is 4.79 Å². The van der Waals surface area contributed by atoms with Crippen LogP contribution in [0.1, 0.15) is 45.3 Å². The summed E-state index contributed by atoms with van der Waals surface area (Å²) in [6.45, 7) is 6.31. The predicted octanol–water partition coefficient (Wildman–Crippen LogP) is 3.45. The molecule has 1 N–H and O–H groups in total. The van der Waals surface area contributed by atoms with Crippen molar-refractivity contribution >= 4 is 23.2 Å². The van der Waals surface area contributed by atoms with E-state index in [1.807, 2.05) is 26.2 Å². The van der Waals surface area contributed by atoms with Crippen LogP contribution in [0.15, 0.2) is 29.6 Å². The molecule has 118 valence electrons. The van der Waals surface area contributed by atoms with Crippen LogP contribution >= 0.6 is 11.3 Å². The Bertz CT molecular complexity index is 652. The highest BCUT2D eigenvalue weighted by Crippen LogP contribution is 2.13. The molecule has 0 aliphatic rings. The van der Waals surface area contributed by atoms with Gasteiger partial charge in [0.2, 0.25) is 0 Å². The zero-order chi connectivity index (χ0) is 16.7. The lowest BCUT2D eigenvalue weighted by Gasteiger charge is -2.15.